The second-order valence-corrected chi connectivity index (χ2v) is 13.2. The topological polar surface area (TPSA) is 9.86 Å². The number of allylic oxidation sites excluding steroid dienone is 4. The maximum atomic E-state index is 2.51. The summed E-state index contributed by atoms with van der Waals surface area (Å²) in [6.45, 7) is 7.06. The zero-order chi connectivity index (χ0) is 29.6. The van der Waals surface area contributed by atoms with E-state index in [0.717, 1.165) is 6.42 Å². The smallest absolute Gasteiger partial charge is 0.0545 e. The van der Waals surface area contributed by atoms with E-state index in [2.05, 4.69) is 163 Å². The minimum atomic E-state index is -0.115. The van der Waals surface area contributed by atoms with E-state index in [1.807, 2.05) is 0 Å². The zero-order valence-electron chi connectivity index (χ0n) is 25.4. The van der Waals surface area contributed by atoms with Crippen molar-refractivity contribution in [3.63, 3.8) is 0 Å². The number of hydrogen-bond donors (Lipinski definition) is 0. The normalized spacial score (nSPS) is 16.9. The predicted octanol–water partition coefficient (Wildman–Crippen LogP) is 11.0. The molecule has 9 rings (SSSR count). The van der Waals surface area contributed by atoms with Crippen molar-refractivity contribution in [2.75, 3.05) is 0 Å². The molecule has 212 valence electrons. The van der Waals surface area contributed by atoms with E-state index in [9.17, 15) is 0 Å². The first-order valence-electron chi connectivity index (χ1n) is 15.7. The predicted molar refractivity (Wildman–Crippen MR) is 186 cm³/mol. The van der Waals surface area contributed by atoms with E-state index in [1.54, 1.807) is 0 Å². The molecule has 2 nitrogen and oxygen atoms in total. The minimum absolute atomic E-state index is 0.115. The van der Waals surface area contributed by atoms with Crippen LogP contribution in [-0.4, -0.2) is 9.13 Å². The Balaban J connectivity index is 1.35. The summed E-state index contributed by atoms with van der Waals surface area (Å²) < 4.78 is 5.00. The maximum absolute atomic E-state index is 2.51. The molecule has 0 saturated carbocycles. The van der Waals surface area contributed by atoms with Gasteiger partial charge in [0.05, 0.1) is 22.2 Å². The lowest BCUT2D eigenvalue weighted by Crippen LogP contribution is -2.15. The Morgan fingerprint density at radius 3 is 2.23 bits per heavy atom. The van der Waals surface area contributed by atoms with Crippen LogP contribution < -0.4 is 0 Å². The molecule has 5 aromatic carbocycles. The van der Waals surface area contributed by atoms with Crippen LogP contribution in [0.5, 0.6) is 0 Å². The Labute approximate surface area is 258 Å². The van der Waals surface area contributed by atoms with Gasteiger partial charge in [0.25, 0.3) is 0 Å². The first kappa shape index (κ1) is 25.4. The van der Waals surface area contributed by atoms with Crippen LogP contribution in [0.1, 0.15) is 44.0 Å². The molecule has 1 aliphatic heterocycles. The lowest BCUT2D eigenvalue weighted by Gasteiger charge is -2.20. The van der Waals surface area contributed by atoms with Crippen LogP contribution in [0.15, 0.2) is 133 Å². The van der Waals surface area contributed by atoms with E-state index < -0.39 is 0 Å². The van der Waals surface area contributed by atoms with Gasteiger partial charge >= 0.3 is 0 Å². The molecular formula is C42H34N2. The number of hydrogen-bond acceptors (Lipinski definition) is 0. The highest BCUT2D eigenvalue weighted by Gasteiger charge is 2.38. The Kier molecular flexibility index (Phi) is 5.32. The third-order valence-corrected chi connectivity index (χ3v) is 9.99. The van der Waals surface area contributed by atoms with Crippen molar-refractivity contribution in [3.8, 4) is 22.5 Å². The van der Waals surface area contributed by atoms with Crippen molar-refractivity contribution in [2.24, 2.45) is 5.92 Å². The number of fused-ring (bicyclic) bond motifs is 8. The maximum Gasteiger partial charge on any atom is 0.0545 e. The fourth-order valence-electron chi connectivity index (χ4n) is 7.76. The highest BCUT2D eigenvalue weighted by atomic mass is 15.0. The monoisotopic (exact) mass is 566 g/mol. The van der Waals surface area contributed by atoms with Gasteiger partial charge in [0.15, 0.2) is 0 Å². The Morgan fingerprint density at radius 2 is 1.39 bits per heavy atom. The molecule has 0 saturated heterocycles. The van der Waals surface area contributed by atoms with E-state index in [4.69, 9.17) is 0 Å². The van der Waals surface area contributed by atoms with E-state index in [0.29, 0.717) is 5.92 Å². The molecule has 0 radical (unpaired) electrons. The summed E-state index contributed by atoms with van der Waals surface area (Å²) in [6.07, 6.45) is 7.88. The van der Waals surface area contributed by atoms with Crippen molar-refractivity contribution >= 4 is 38.3 Å². The Bertz CT molecular complexity index is 2340. The average Bonchev–Trinajstić information content (AvgIpc) is 3.67. The molecule has 44 heavy (non-hydrogen) atoms. The molecule has 0 amide bonds. The molecule has 0 fully saturated rings. The van der Waals surface area contributed by atoms with Crippen LogP contribution in [0, 0.1) is 5.92 Å². The Hall–Kier alpha value is -5.08. The van der Waals surface area contributed by atoms with Crippen LogP contribution >= 0.6 is 0 Å². The third-order valence-electron chi connectivity index (χ3n) is 9.99. The van der Waals surface area contributed by atoms with Gasteiger partial charge in [-0.05, 0) is 88.7 Å². The number of rotatable bonds is 3. The SMILES string of the molecule is CC1C=CC=C(c2cc(-c3ccccc3)cc(-n3c4ccccc4c4cc5c(cc43)C(C)(C)c3cc4ccccc4n3-5)c2)C1. The number of nitrogens with zero attached hydrogens (tertiary/aromatic N) is 2. The van der Waals surface area contributed by atoms with Crippen LogP contribution in [-0.2, 0) is 5.41 Å². The molecule has 1 atom stereocenters. The van der Waals surface area contributed by atoms with Crippen LogP contribution in [0.2, 0.25) is 0 Å². The van der Waals surface area contributed by atoms with Gasteiger partial charge in [0.2, 0.25) is 0 Å². The zero-order valence-corrected chi connectivity index (χ0v) is 25.4. The highest BCUT2D eigenvalue weighted by molar-refractivity contribution is 6.11. The molecule has 2 aliphatic rings. The van der Waals surface area contributed by atoms with Crippen LogP contribution in [0.3, 0.4) is 0 Å². The number of benzene rings is 5. The van der Waals surface area contributed by atoms with Gasteiger partial charge in [-0.3, -0.25) is 0 Å². The fraction of sp³-hybridized carbons (Fsp3) is 0.143. The van der Waals surface area contributed by atoms with E-state index >= 15 is 0 Å². The second-order valence-electron chi connectivity index (χ2n) is 13.2. The van der Waals surface area contributed by atoms with Gasteiger partial charge in [-0.1, -0.05) is 106 Å². The number of para-hydroxylation sites is 2. The molecule has 0 spiro atoms. The quantitative estimate of drug-likeness (QED) is 0.201. The summed E-state index contributed by atoms with van der Waals surface area (Å²) in [6, 6.07) is 43.0. The Morgan fingerprint density at radius 1 is 0.636 bits per heavy atom. The van der Waals surface area contributed by atoms with Crippen molar-refractivity contribution in [2.45, 2.75) is 32.6 Å². The molecule has 3 heterocycles. The van der Waals surface area contributed by atoms with Crippen molar-refractivity contribution < 1.29 is 0 Å². The third kappa shape index (κ3) is 3.61. The molecule has 0 bridgehead atoms. The lowest BCUT2D eigenvalue weighted by atomic mass is 9.83. The summed E-state index contributed by atoms with van der Waals surface area (Å²) in [7, 11) is 0. The molecule has 1 unspecified atom stereocenters. The van der Waals surface area contributed by atoms with E-state index in [-0.39, 0.29) is 5.41 Å². The summed E-state index contributed by atoms with van der Waals surface area (Å²) in [5.41, 5.74) is 14.1. The van der Waals surface area contributed by atoms with Gasteiger partial charge in [-0.15, -0.1) is 0 Å². The highest BCUT2D eigenvalue weighted by Crippen LogP contribution is 2.48. The van der Waals surface area contributed by atoms with Gasteiger partial charge in [0.1, 0.15) is 0 Å². The summed E-state index contributed by atoms with van der Waals surface area (Å²) >= 11 is 0. The molecule has 2 heteroatoms. The van der Waals surface area contributed by atoms with Crippen LogP contribution in [0.25, 0.3) is 60.8 Å². The lowest BCUT2D eigenvalue weighted by molar-refractivity contribution is 0.645. The average molecular weight is 567 g/mol. The van der Waals surface area contributed by atoms with Crippen molar-refractivity contribution in [1.82, 2.24) is 9.13 Å². The first-order valence-corrected chi connectivity index (χ1v) is 15.7. The van der Waals surface area contributed by atoms with Crippen molar-refractivity contribution in [3.05, 3.63) is 150 Å². The minimum Gasteiger partial charge on any atom is -0.312 e. The molecular weight excluding hydrogens is 532 g/mol. The summed E-state index contributed by atoms with van der Waals surface area (Å²) in [4.78, 5) is 0. The van der Waals surface area contributed by atoms with Gasteiger partial charge in [0, 0.05) is 33.0 Å². The van der Waals surface area contributed by atoms with Crippen LogP contribution in [0.4, 0.5) is 0 Å². The van der Waals surface area contributed by atoms with Crippen molar-refractivity contribution in [1.29, 1.82) is 0 Å². The largest absolute Gasteiger partial charge is 0.312 e. The number of aromatic nitrogens is 2. The van der Waals surface area contributed by atoms with Gasteiger partial charge in [-0.25, -0.2) is 0 Å². The molecule has 2 aromatic heterocycles. The van der Waals surface area contributed by atoms with E-state index in [1.165, 1.54) is 77.6 Å². The summed E-state index contributed by atoms with van der Waals surface area (Å²) in [5.74, 6) is 0.533. The summed E-state index contributed by atoms with van der Waals surface area (Å²) in [5, 5.41) is 3.88. The fourth-order valence-corrected chi connectivity index (χ4v) is 7.76. The second kappa shape index (κ2) is 9.21. The van der Waals surface area contributed by atoms with Gasteiger partial charge < -0.3 is 9.13 Å². The molecule has 1 aliphatic carbocycles. The van der Waals surface area contributed by atoms with Gasteiger partial charge in [-0.2, -0.15) is 0 Å². The first-order chi connectivity index (χ1) is 21.5. The molecule has 7 aromatic rings. The standard InChI is InChI=1S/C42H34N2/c1-27-12-11-16-29(20-27)32-21-31(28-13-5-4-6-14-28)22-33(23-32)43-38-19-10-8-17-34(38)35-25-40-36(26-39(35)43)42(2,3)41-24-30-15-7-9-18-37(30)44(40)41/h4-19,21-27H,20H2,1-3H3. The molecule has 0 N–H and O–H groups in total.